The highest BCUT2D eigenvalue weighted by Gasteiger charge is 2.70. The van der Waals surface area contributed by atoms with E-state index in [0.717, 1.165) is 31.2 Å². The minimum absolute atomic E-state index is 0.00351. The molecule has 4 fully saturated rings. The number of rotatable bonds is 5. The van der Waals surface area contributed by atoms with E-state index in [2.05, 4.69) is 54.2 Å². The lowest BCUT2D eigenvalue weighted by Gasteiger charge is -2.72. The summed E-state index contributed by atoms with van der Waals surface area (Å²) in [6, 6.07) is 7.52. The van der Waals surface area contributed by atoms with Gasteiger partial charge in [0.2, 0.25) is 0 Å². The quantitative estimate of drug-likeness (QED) is 0.329. The summed E-state index contributed by atoms with van der Waals surface area (Å²) < 4.78 is 0. The third-order valence-electron chi connectivity index (χ3n) is 15.1. The van der Waals surface area contributed by atoms with E-state index in [4.69, 9.17) is 0 Å². The number of amides is 1. The largest absolute Gasteiger partial charge is 0.478 e. The monoisotopic (exact) mass is 601 g/mol. The molecule has 240 valence electrons. The molecule has 5 nitrogen and oxygen atoms in total. The first-order valence-electron chi connectivity index (χ1n) is 17.2. The third-order valence-corrected chi connectivity index (χ3v) is 15.1. The lowest BCUT2D eigenvalue weighted by atomic mass is 9.32. The molecule has 6 rings (SSSR count). The molecule has 44 heavy (non-hydrogen) atoms. The van der Waals surface area contributed by atoms with Crippen LogP contribution >= 0.6 is 0 Å². The molecule has 1 amide bonds. The van der Waals surface area contributed by atoms with Gasteiger partial charge < -0.3 is 15.1 Å². The van der Waals surface area contributed by atoms with Crippen molar-refractivity contribution in [3.63, 3.8) is 0 Å². The molecule has 4 saturated carbocycles. The maximum Gasteiger partial charge on any atom is 0.407 e. The molecule has 5 aliphatic carbocycles. The molecule has 0 aliphatic heterocycles. The van der Waals surface area contributed by atoms with E-state index in [1.165, 1.54) is 43.3 Å². The second-order valence-electron chi connectivity index (χ2n) is 17.1. The summed E-state index contributed by atoms with van der Waals surface area (Å²) >= 11 is 0. The van der Waals surface area contributed by atoms with Crippen LogP contribution in [0.4, 0.5) is 4.79 Å². The Labute approximate surface area is 265 Å². The zero-order valence-corrected chi connectivity index (χ0v) is 28.2. The Hall–Kier alpha value is -2.56. The zero-order chi connectivity index (χ0) is 32.0. The topological polar surface area (TPSA) is 77.8 Å². The molecule has 0 unspecified atom stereocenters. The average Bonchev–Trinajstić information content (AvgIpc) is 3.33. The van der Waals surface area contributed by atoms with Crippen LogP contribution in [0.5, 0.6) is 0 Å². The van der Waals surface area contributed by atoms with Gasteiger partial charge in [0.1, 0.15) is 0 Å². The van der Waals surface area contributed by atoms with Gasteiger partial charge in [-0.3, -0.25) is 0 Å². The van der Waals surface area contributed by atoms with Gasteiger partial charge in [0, 0.05) is 13.6 Å². The van der Waals surface area contributed by atoms with Crippen LogP contribution in [-0.4, -0.2) is 40.8 Å². The number of fused-ring (bicyclic) bond motifs is 7. The van der Waals surface area contributed by atoms with Crippen molar-refractivity contribution in [2.45, 2.75) is 99.3 Å². The SMILES string of the molecule is C=C(C)[C@@H]1CC[C@]2(CN(C)C(=O)O)CC[C@]3(C)[C@H](CC[C@@H]4[C@@]5(C)CC=C(c6ccc(C(=O)O)cc6)C(C)(C)[C@@H]5CC[C@]43C)[C@@H]12. The van der Waals surface area contributed by atoms with Gasteiger partial charge in [-0.15, -0.1) is 0 Å². The van der Waals surface area contributed by atoms with Gasteiger partial charge in [-0.25, -0.2) is 9.59 Å². The van der Waals surface area contributed by atoms with Crippen molar-refractivity contribution in [3.05, 3.63) is 53.6 Å². The maximum atomic E-state index is 12.0. The first kappa shape index (κ1) is 31.4. The fourth-order valence-corrected chi connectivity index (χ4v) is 13.0. The number of benzene rings is 1. The van der Waals surface area contributed by atoms with E-state index in [-0.39, 0.29) is 27.1 Å². The lowest BCUT2D eigenvalue weighted by Crippen LogP contribution is -2.66. The first-order chi connectivity index (χ1) is 20.5. The second-order valence-corrected chi connectivity index (χ2v) is 17.1. The minimum Gasteiger partial charge on any atom is -0.478 e. The summed E-state index contributed by atoms with van der Waals surface area (Å²) in [6.07, 6.45) is 12.3. The highest BCUT2D eigenvalue weighted by molar-refractivity contribution is 5.88. The number of hydrogen-bond acceptors (Lipinski definition) is 2. The van der Waals surface area contributed by atoms with Crippen molar-refractivity contribution in [2.24, 2.45) is 56.7 Å². The predicted molar refractivity (Wildman–Crippen MR) is 176 cm³/mol. The van der Waals surface area contributed by atoms with E-state index in [1.807, 2.05) is 12.1 Å². The summed E-state index contributed by atoms with van der Waals surface area (Å²) in [4.78, 5) is 25.1. The summed E-state index contributed by atoms with van der Waals surface area (Å²) in [7, 11) is 1.77. The van der Waals surface area contributed by atoms with E-state index in [0.29, 0.717) is 41.7 Å². The van der Waals surface area contributed by atoms with Crippen molar-refractivity contribution in [3.8, 4) is 0 Å². The number of aromatic carboxylic acids is 1. The van der Waals surface area contributed by atoms with Crippen LogP contribution in [0, 0.1) is 56.7 Å². The maximum absolute atomic E-state index is 12.0. The molecule has 1 aromatic carbocycles. The number of allylic oxidation sites excluding steroid dienone is 3. The zero-order valence-electron chi connectivity index (χ0n) is 28.2. The molecule has 0 aromatic heterocycles. The molecule has 5 heteroatoms. The molecular weight excluding hydrogens is 546 g/mol. The van der Waals surface area contributed by atoms with Crippen molar-refractivity contribution >= 4 is 17.6 Å². The molecular formula is C39H55NO4. The fraction of sp³-hybridized carbons (Fsp3) is 0.692. The van der Waals surface area contributed by atoms with E-state index in [9.17, 15) is 19.8 Å². The van der Waals surface area contributed by atoms with Crippen LogP contribution in [0.2, 0.25) is 0 Å². The second kappa shape index (κ2) is 10.2. The van der Waals surface area contributed by atoms with Crippen molar-refractivity contribution in [2.75, 3.05) is 13.6 Å². The lowest BCUT2D eigenvalue weighted by molar-refractivity contribution is -0.226. The van der Waals surface area contributed by atoms with Crippen LogP contribution in [0.1, 0.15) is 115 Å². The van der Waals surface area contributed by atoms with Crippen LogP contribution < -0.4 is 0 Å². The van der Waals surface area contributed by atoms with Crippen LogP contribution in [0.3, 0.4) is 0 Å². The minimum atomic E-state index is -0.877. The molecule has 9 atom stereocenters. The summed E-state index contributed by atoms with van der Waals surface area (Å²) in [6.45, 7) is 20.1. The van der Waals surface area contributed by atoms with Gasteiger partial charge in [-0.2, -0.15) is 0 Å². The van der Waals surface area contributed by atoms with Gasteiger partial charge in [-0.1, -0.05) is 65.0 Å². The molecule has 0 radical (unpaired) electrons. The highest BCUT2D eigenvalue weighted by Crippen LogP contribution is 2.77. The summed E-state index contributed by atoms with van der Waals surface area (Å²) in [5.74, 6) is 1.92. The molecule has 0 heterocycles. The predicted octanol–water partition coefficient (Wildman–Crippen LogP) is 9.65. The Morgan fingerprint density at radius 2 is 1.57 bits per heavy atom. The van der Waals surface area contributed by atoms with Crippen molar-refractivity contribution < 1.29 is 19.8 Å². The Balaban J connectivity index is 1.35. The number of nitrogens with zero attached hydrogens (tertiary/aromatic N) is 1. The van der Waals surface area contributed by atoms with Gasteiger partial charge in [0.25, 0.3) is 0 Å². The number of hydrogen-bond donors (Lipinski definition) is 2. The molecule has 0 saturated heterocycles. The molecule has 0 spiro atoms. The molecule has 1 aromatic rings. The fourth-order valence-electron chi connectivity index (χ4n) is 13.0. The Bertz CT molecular complexity index is 1390. The molecule has 0 bridgehead atoms. The van der Waals surface area contributed by atoms with Crippen molar-refractivity contribution in [1.29, 1.82) is 0 Å². The smallest absolute Gasteiger partial charge is 0.407 e. The first-order valence-corrected chi connectivity index (χ1v) is 17.2. The van der Waals surface area contributed by atoms with E-state index in [1.54, 1.807) is 24.1 Å². The van der Waals surface area contributed by atoms with Crippen LogP contribution in [0.25, 0.3) is 5.57 Å². The van der Waals surface area contributed by atoms with Gasteiger partial charge in [0.05, 0.1) is 5.56 Å². The van der Waals surface area contributed by atoms with Gasteiger partial charge in [-0.05, 0) is 145 Å². The average molecular weight is 602 g/mol. The number of carbonyl (C=O) groups is 2. The third kappa shape index (κ3) is 4.23. The summed E-state index contributed by atoms with van der Waals surface area (Å²) in [5, 5.41) is 19.3. The molecule has 2 N–H and O–H groups in total. The highest BCUT2D eigenvalue weighted by atomic mass is 16.4. The van der Waals surface area contributed by atoms with Gasteiger partial charge >= 0.3 is 12.1 Å². The standard InChI is InChI=1S/C39H55NO4/c1-24(2)27-15-20-39(23-40(8)34(43)44)22-21-37(6)29(32(27)39)13-14-31-36(5)18-16-28(25-9-11-26(12-10-25)33(41)42)35(3,4)30(36)17-19-38(31,37)7/h9-12,16,27,29-32H,1,13-15,17-23H2,2-8H3,(H,41,42)(H,43,44)/t27-,29+,30-,31+,32+,36-,37+,38+,39+/m0/s1. The van der Waals surface area contributed by atoms with Crippen molar-refractivity contribution in [1.82, 2.24) is 4.90 Å². The Morgan fingerprint density at radius 3 is 2.18 bits per heavy atom. The van der Waals surface area contributed by atoms with E-state index >= 15 is 0 Å². The summed E-state index contributed by atoms with van der Waals surface area (Å²) in [5.41, 5.74) is 4.89. The Morgan fingerprint density at radius 1 is 0.886 bits per heavy atom. The Kier molecular flexibility index (Phi) is 7.30. The van der Waals surface area contributed by atoms with E-state index < -0.39 is 12.1 Å². The van der Waals surface area contributed by atoms with Crippen LogP contribution in [0.15, 0.2) is 42.5 Å². The van der Waals surface area contributed by atoms with Gasteiger partial charge in [0.15, 0.2) is 0 Å². The number of carboxylic acids is 1. The molecule has 5 aliphatic rings. The normalized spacial score (nSPS) is 42.2. The number of carboxylic acid groups (broad SMARTS) is 2. The van der Waals surface area contributed by atoms with Crippen LogP contribution in [-0.2, 0) is 0 Å².